The average Bonchev–Trinajstić information content (AvgIpc) is 2.79. The fraction of sp³-hybridized carbons (Fsp3) is 0.125. The molecule has 32 heavy (non-hydrogen) atoms. The molecule has 1 amide bonds. The molecule has 0 spiro atoms. The Kier molecular flexibility index (Phi) is 6.84. The van der Waals surface area contributed by atoms with Crippen molar-refractivity contribution in [2.75, 3.05) is 5.75 Å². The molecule has 0 bridgehead atoms. The van der Waals surface area contributed by atoms with Gasteiger partial charge in [0.1, 0.15) is 0 Å². The van der Waals surface area contributed by atoms with E-state index in [2.05, 4.69) is 10.3 Å². The van der Waals surface area contributed by atoms with Gasteiger partial charge in [0.25, 0.3) is 5.56 Å². The molecule has 5 nitrogen and oxygen atoms in total. The fourth-order valence-corrected chi connectivity index (χ4v) is 4.39. The molecule has 0 atom stereocenters. The van der Waals surface area contributed by atoms with Crippen LogP contribution in [-0.2, 0) is 11.3 Å². The number of nitrogens with one attached hydrogen (secondary N) is 1. The zero-order valence-corrected chi connectivity index (χ0v) is 19.5. The van der Waals surface area contributed by atoms with Crippen LogP contribution in [0.15, 0.2) is 76.7 Å². The third kappa shape index (κ3) is 4.83. The van der Waals surface area contributed by atoms with Crippen LogP contribution in [0.4, 0.5) is 0 Å². The van der Waals surface area contributed by atoms with Gasteiger partial charge in [-0.3, -0.25) is 14.2 Å². The molecule has 4 aromatic rings. The number of nitrogens with zero attached hydrogens (tertiary/aromatic N) is 2. The highest BCUT2D eigenvalue weighted by Gasteiger charge is 2.15. The Morgan fingerprint density at radius 2 is 1.78 bits per heavy atom. The van der Waals surface area contributed by atoms with Crippen molar-refractivity contribution in [1.82, 2.24) is 14.9 Å². The average molecular weight is 484 g/mol. The number of carbonyl (C=O) groups excluding carboxylic acids is 1. The summed E-state index contributed by atoms with van der Waals surface area (Å²) < 4.78 is 1.50. The maximum Gasteiger partial charge on any atom is 0.266 e. The minimum atomic E-state index is -0.213. The standard InChI is InChI=1S/C24H19Cl2N3O2S/c1-15-10-11-17(12-20(15)26)29-23(31)18-7-3-5-9-21(18)28-24(29)32-14-22(30)27-13-16-6-2-4-8-19(16)25/h2-12H,13-14H2,1H3,(H,27,30). The second kappa shape index (κ2) is 9.77. The van der Waals surface area contributed by atoms with Crippen molar-refractivity contribution < 1.29 is 4.79 Å². The summed E-state index contributed by atoms with van der Waals surface area (Å²) in [5.41, 5.74) is 2.70. The molecule has 0 unspecified atom stereocenters. The molecule has 3 aromatic carbocycles. The Morgan fingerprint density at radius 1 is 1.03 bits per heavy atom. The van der Waals surface area contributed by atoms with E-state index in [-0.39, 0.29) is 17.2 Å². The van der Waals surface area contributed by atoms with Crippen molar-refractivity contribution in [2.45, 2.75) is 18.6 Å². The second-order valence-electron chi connectivity index (χ2n) is 7.14. The second-order valence-corrected chi connectivity index (χ2v) is 8.90. The molecule has 0 aliphatic carbocycles. The maximum atomic E-state index is 13.3. The summed E-state index contributed by atoms with van der Waals surface area (Å²) in [5, 5.41) is 4.92. The highest BCUT2D eigenvalue weighted by atomic mass is 35.5. The molecule has 0 saturated carbocycles. The summed E-state index contributed by atoms with van der Waals surface area (Å²) in [6.45, 7) is 2.22. The number of hydrogen-bond donors (Lipinski definition) is 1. The molecule has 0 saturated heterocycles. The predicted molar refractivity (Wildman–Crippen MR) is 131 cm³/mol. The number of thioether (sulfide) groups is 1. The minimum Gasteiger partial charge on any atom is -0.351 e. The van der Waals surface area contributed by atoms with Gasteiger partial charge in [0, 0.05) is 16.6 Å². The number of rotatable bonds is 6. The van der Waals surface area contributed by atoms with Crippen LogP contribution in [0.25, 0.3) is 16.6 Å². The minimum absolute atomic E-state index is 0.0921. The smallest absolute Gasteiger partial charge is 0.266 e. The van der Waals surface area contributed by atoms with Gasteiger partial charge in [-0.25, -0.2) is 4.98 Å². The summed E-state index contributed by atoms with van der Waals surface area (Å²) in [6, 6.07) is 19.9. The SMILES string of the molecule is Cc1ccc(-n2c(SCC(=O)NCc3ccccc3Cl)nc3ccccc3c2=O)cc1Cl. The van der Waals surface area contributed by atoms with Gasteiger partial charge in [-0.15, -0.1) is 0 Å². The molecule has 0 aliphatic rings. The van der Waals surface area contributed by atoms with E-state index in [0.717, 1.165) is 11.1 Å². The normalized spacial score (nSPS) is 11.0. The largest absolute Gasteiger partial charge is 0.351 e. The molecule has 1 aromatic heterocycles. The molecule has 1 N–H and O–H groups in total. The van der Waals surface area contributed by atoms with Gasteiger partial charge < -0.3 is 5.32 Å². The van der Waals surface area contributed by atoms with Crippen molar-refractivity contribution in [3.63, 3.8) is 0 Å². The topological polar surface area (TPSA) is 64.0 Å². The summed E-state index contributed by atoms with van der Waals surface area (Å²) in [6.07, 6.45) is 0. The molecule has 4 rings (SSSR count). The fourth-order valence-electron chi connectivity index (χ4n) is 3.17. The lowest BCUT2D eigenvalue weighted by molar-refractivity contribution is -0.118. The number of benzene rings is 3. The van der Waals surface area contributed by atoms with Gasteiger partial charge >= 0.3 is 0 Å². The Morgan fingerprint density at radius 3 is 2.56 bits per heavy atom. The Labute approximate surface area is 199 Å². The van der Waals surface area contributed by atoms with Crippen LogP contribution in [0.2, 0.25) is 10.0 Å². The first-order valence-electron chi connectivity index (χ1n) is 9.85. The van der Waals surface area contributed by atoms with Gasteiger partial charge in [-0.1, -0.05) is 71.4 Å². The first kappa shape index (κ1) is 22.4. The van der Waals surface area contributed by atoms with Crippen molar-refractivity contribution in [1.29, 1.82) is 0 Å². The van der Waals surface area contributed by atoms with E-state index in [1.807, 2.05) is 43.3 Å². The van der Waals surface area contributed by atoms with E-state index < -0.39 is 0 Å². The number of para-hydroxylation sites is 1. The van der Waals surface area contributed by atoms with Crippen LogP contribution in [0.1, 0.15) is 11.1 Å². The van der Waals surface area contributed by atoms with Crippen LogP contribution in [-0.4, -0.2) is 21.2 Å². The summed E-state index contributed by atoms with van der Waals surface area (Å²) in [4.78, 5) is 30.4. The number of aromatic nitrogens is 2. The molecule has 162 valence electrons. The van der Waals surface area contributed by atoms with Crippen molar-refractivity contribution in [3.8, 4) is 5.69 Å². The molecule has 0 radical (unpaired) electrons. The molecule has 1 heterocycles. The number of amides is 1. The van der Waals surface area contributed by atoms with E-state index in [9.17, 15) is 9.59 Å². The monoisotopic (exact) mass is 483 g/mol. The number of carbonyl (C=O) groups is 1. The maximum absolute atomic E-state index is 13.3. The molecule has 0 fully saturated rings. The Balaban J connectivity index is 1.62. The molecular formula is C24H19Cl2N3O2S. The van der Waals surface area contributed by atoms with Gasteiger partial charge in [0.2, 0.25) is 5.91 Å². The van der Waals surface area contributed by atoms with Crippen molar-refractivity contribution >= 4 is 51.8 Å². The first-order chi connectivity index (χ1) is 15.4. The van der Waals surface area contributed by atoms with Crippen LogP contribution in [0.5, 0.6) is 0 Å². The zero-order valence-electron chi connectivity index (χ0n) is 17.1. The van der Waals surface area contributed by atoms with E-state index in [0.29, 0.717) is 38.3 Å². The summed E-state index contributed by atoms with van der Waals surface area (Å²) >= 11 is 13.7. The zero-order chi connectivity index (χ0) is 22.7. The highest BCUT2D eigenvalue weighted by molar-refractivity contribution is 7.99. The summed E-state index contributed by atoms with van der Waals surface area (Å²) in [5.74, 6) is -0.0970. The number of hydrogen-bond acceptors (Lipinski definition) is 4. The first-order valence-corrected chi connectivity index (χ1v) is 11.6. The van der Waals surface area contributed by atoms with Crippen LogP contribution >= 0.6 is 35.0 Å². The van der Waals surface area contributed by atoms with Crippen molar-refractivity contribution in [2.24, 2.45) is 0 Å². The molecule has 8 heteroatoms. The number of fused-ring (bicyclic) bond motifs is 1. The van der Waals surface area contributed by atoms with Crippen LogP contribution < -0.4 is 10.9 Å². The van der Waals surface area contributed by atoms with Gasteiger partial charge in [0.05, 0.1) is 22.3 Å². The van der Waals surface area contributed by atoms with E-state index >= 15 is 0 Å². The third-order valence-corrected chi connectivity index (χ3v) is 6.64. The predicted octanol–water partition coefficient (Wildman–Crippen LogP) is 5.41. The lowest BCUT2D eigenvalue weighted by atomic mass is 10.2. The third-order valence-electron chi connectivity index (χ3n) is 4.92. The molecular weight excluding hydrogens is 465 g/mol. The van der Waals surface area contributed by atoms with E-state index in [1.165, 1.54) is 16.3 Å². The van der Waals surface area contributed by atoms with Gasteiger partial charge in [-0.2, -0.15) is 0 Å². The quantitative estimate of drug-likeness (QED) is 0.294. The number of aryl methyl sites for hydroxylation is 1. The number of halogens is 2. The van der Waals surface area contributed by atoms with Gasteiger partial charge in [-0.05, 0) is 48.4 Å². The highest BCUT2D eigenvalue weighted by Crippen LogP contribution is 2.24. The van der Waals surface area contributed by atoms with E-state index in [1.54, 1.807) is 30.3 Å². The Bertz CT molecular complexity index is 1370. The molecule has 0 aliphatic heterocycles. The van der Waals surface area contributed by atoms with E-state index in [4.69, 9.17) is 23.2 Å². The van der Waals surface area contributed by atoms with Gasteiger partial charge in [0.15, 0.2) is 5.16 Å². The lowest BCUT2D eigenvalue weighted by Gasteiger charge is -2.14. The Hall–Kier alpha value is -2.80. The van der Waals surface area contributed by atoms with Crippen LogP contribution in [0.3, 0.4) is 0 Å². The summed E-state index contributed by atoms with van der Waals surface area (Å²) in [7, 11) is 0. The lowest BCUT2D eigenvalue weighted by Crippen LogP contribution is -2.26. The van der Waals surface area contributed by atoms with Crippen molar-refractivity contribution in [3.05, 3.63) is 98.3 Å². The van der Waals surface area contributed by atoms with Crippen LogP contribution in [0, 0.1) is 6.92 Å².